The number of amides is 2. The molecule has 0 unspecified atom stereocenters. The van der Waals surface area contributed by atoms with Gasteiger partial charge in [-0.1, -0.05) is 31.9 Å². The fourth-order valence-corrected chi connectivity index (χ4v) is 1.11. The Morgan fingerprint density at radius 2 is 1.87 bits per heavy atom. The van der Waals surface area contributed by atoms with Crippen molar-refractivity contribution in [2.45, 2.75) is 39.0 Å². The second-order valence-electron chi connectivity index (χ2n) is 3.35. The largest absolute Gasteiger partial charge is 0.376 e. The average Bonchev–Trinajstić information content (AvgIpc) is 2.22. The summed E-state index contributed by atoms with van der Waals surface area (Å²) in [7, 11) is 0. The van der Waals surface area contributed by atoms with E-state index in [9.17, 15) is 4.79 Å². The number of unbranched alkanes of at least 4 members (excludes halogenated alkanes) is 3. The van der Waals surface area contributed by atoms with E-state index in [0.29, 0.717) is 6.54 Å². The average molecular weight is 214 g/mol. The number of nitrogens with one attached hydrogen (secondary N) is 2. The maximum atomic E-state index is 10.8. The molecule has 0 aliphatic carbocycles. The first-order valence-corrected chi connectivity index (χ1v) is 5.58. The molecule has 0 saturated heterocycles. The predicted octanol–water partition coefficient (Wildman–Crippen LogP) is 1.76. The number of carbonyl (C=O) groups is 1. The van der Waals surface area contributed by atoms with Gasteiger partial charge in [0, 0.05) is 6.54 Å². The third-order valence-corrected chi connectivity index (χ3v) is 1.96. The SMILES string of the molecule is CCCC/C=C/CCCNC(=O)NCO. The fourth-order valence-electron chi connectivity index (χ4n) is 1.11. The monoisotopic (exact) mass is 214 g/mol. The Kier molecular flexibility index (Phi) is 10.3. The van der Waals surface area contributed by atoms with Gasteiger partial charge in [-0.15, -0.1) is 0 Å². The smallest absolute Gasteiger partial charge is 0.316 e. The number of rotatable bonds is 8. The van der Waals surface area contributed by atoms with Crippen LogP contribution in [0.3, 0.4) is 0 Å². The highest BCUT2D eigenvalue weighted by atomic mass is 16.3. The molecule has 0 aromatic carbocycles. The molecule has 0 atom stereocenters. The minimum absolute atomic E-state index is 0.313. The van der Waals surface area contributed by atoms with Gasteiger partial charge in [0.15, 0.2) is 0 Å². The highest BCUT2D eigenvalue weighted by Gasteiger charge is 1.94. The van der Waals surface area contributed by atoms with Crippen LogP contribution in [0.5, 0.6) is 0 Å². The summed E-state index contributed by atoms with van der Waals surface area (Å²) in [5, 5.41) is 13.3. The minimum Gasteiger partial charge on any atom is -0.376 e. The van der Waals surface area contributed by atoms with E-state index in [1.165, 1.54) is 12.8 Å². The first kappa shape index (κ1) is 14.0. The Hall–Kier alpha value is -1.03. The zero-order valence-electron chi connectivity index (χ0n) is 9.46. The van der Waals surface area contributed by atoms with Crippen LogP contribution < -0.4 is 10.6 Å². The molecule has 0 aliphatic heterocycles. The molecule has 0 heterocycles. The summed E-state index contributed by atoms with van der Waals surface area (Å²) in [5.41, 5.74) is 0. The van der Waals surface area contributed by atoms with E-state index < -0.39 is 0 Å². The van der Waals surface area contributed by atoms with Gasteiger partial charge in [0.05, 0.1) is 0 Å². The summed E-state index contributed by atoms with van der Waals surface area (Å²) in [6.45, 7) is 2.50. The van der Waals surface area contributed by atoms with Crippen molar-refractivity contribution in [3.8, 4) is 0 Å². The van der Waals surface area contributed by atoms with Crippen molar-refractivity contribution in [2.75, 3.05) is 13.3 Å². The van der Waals surface area contributed by atoms with Gasteiger partial charge in [0.1, 0.15) is 6.73 Å². The van der Waals surface area contributed by atoms with Gasteiger partial charge in [0.2, 0.25) is 0 Å². The molecule has 3 N–H and O–H groups in total. The van der Waals surface area contributed by atoms with Crippen LogP contribution in [0.15, 0.2) is 12.2 Å². The van der Waals surface area contributed by atoms with E-state index in [-0.39, 0.29) is 12.8 Å². The number of allylic oxidation sites excluding steroid dienone is 2. The van der Waals surface area contributed by atoms with Crippen LogP contribution in [0.1, 0.15) is 39.0 Å². The molecule has 4 nitrogen and oxygen atoms in total. The topological polar surface area (TPSA) is 61.4 Å². The Balaban J connectivity index is 3.17. The van der Waals surface area contributed by atoms with E-state index in [2.05, 4.69) is 29.7 Å². The lowest BCUT2D eigenvalue weighted by molar-refractivity contribution is 0.218. The molecule has 0 fully saturated rings. The molecule has 0 rings (SSSR count). The van der Waals surface area contributed by atoms with Crippen LogP contribution in [0.2, 0.25) is 0 Å². The summed E-state index contributed by atoms with van der Waals surface area (Å²) in [6, 6.07) is -0.313. The van der Waals surface area contributed by atoms with Crippen molar-refractivity contribution >= 4 is 6.03 Å². The Morgan fingerprint density at radius 3 is 2.47 bits per heavy atom. The van der Waals surface area contributed by atoms with Crippen molar-refractivity contribution in [1.29, 1.82) is 0 Å². The number of aliphatic hydroxyl groups is 1. The lowest BCUT2D eigenvalue weighted by Crippen LogP contribution is -2.36. The van der Waals surface area contributed by atoms with Gasteiger partial charge in [-0.2, -0.15) is 0 Å². The van der Waals surface area contributed by atoms with Gasteiger partial charge >= 0.3 is 6.03 Å². The fraction of sp³-hybridized carbons (Fsp3) is 0.727. The van der Waals surface area contributed by atoms with Crippen LogP contribution in [0, 0.1) is 0 Å². The molecule has 4 heteroatoms. The molecule has 0 saturated carbocycles. The third-order valence-electron chi connectivity index (χ3n) is 1.96. The summed E-state index contributed by atoms with van der Waals surface area (Å²) >= 11 is 0. The van der Waals surface area contributed by atoms with E-state index in [1.54, 1.807) is 0 Å². The minimum atomic E-state index is -0.317. The van der Waals surface area contributed by atoms with Gasteiger partial charge in [0.25, 0.3) is 0 Å². The van der Waals surface area contributed by atoms with Crippen molar-refractivity contribution < 1.29 is 9.90 Å². The number of hydrogen-bond donors (Lipinski definition) is 3. The lowest BCUT2D eigenvalue weighted by atomic mass is 10.2. The molecular formula is C11H22N2O2. The summed E-state index contributed by atoms with van der Waals surface area (Å²) in [6.07, 6.45) is 9.89. The van der Waals surface area contributed by atoms with Crippen LogP contribution in [0.25, 0.3) is 0 Å². The Morgan fingerprint density at radius 1 is 1.20 bits per heavy atom. The molecule has 0 aromatic heterocycles. The normalized spacial score (nSPS) is 10.5. The van der Waals surface area contributed by atoms with Crippen LogP contribution in [-0.4, -0.2) is 24.4 Å². The first-order chi connectivity index (χ1) is 7.31. The molecule has 0 spiro atoms. The van der Waals surface area contributed by atoms with Crippen LogP contribution in [0.4, 0.5) is 4.79 Å². The Bertz CT molecular complexity index is 181. The standard InChI is InChI=1S/C11H22N2O2/c1-2-3-4-5-6-7-8-9-12-11(15)13-10-14/h5-6,14H,2-4,7-10H2,1H3,(H2,12,13,15)/b6-5+. The van der Waals surface area contributed by atoms with Gasteiger partial charge in [-0.25, -0.2) is 4.79 Å². The van der Waals surface area contributed by atoms with Crippen LogP contribution in [-0.2, 0) is 0 Å². The van der Waals surface area contributed by atoms with Crippen molar-refractivity contribution in [3.63, 3.8) is 0 Å². The molecule has 88 valence electrons. The van der Waals surface area contributed by atoms with Crippen molar-refractivity contribution in [1.82, 2.24) is 10.6 Å². The molecule has 0 aromatic rings. The molecule has 0 radical (unpaired) electrons. The first-order valence-electron chi connectivity index (χ1n) is 5.58. The highest BCUT2D eigenvalue weighted by molar-refractivity contribution is 5.73. The van der Waals surface area contributed by atoms with Gasteiger partial charge in [-0.3, -0.25) is 0 Å². The second kappa shape index (κ2) is 11.0. The highest BCUT2D eigenvalue weighted by Crippen LogP contribution is 1.97. The van der Waals surface area contributed by atoms with E-state index >= 15 is 0 Å². The zero-order chi connectivity index (χ0) is 11.4. The molecule has 0 aliphatic rings. The molecule has 2 amide bonds. The summed E-state index contributed by atoms with van der Waals surface area (Å²) in [4.78, 5) is 10.8. The maximum Gasteiger partial charge on any atom is 0.316 e. The summed E-state index contributed by atoms with van der Waals surface area (Å²) < 4.78 is 0. The van der Waals surface area contributed by atoms with E-state index in [4.69, 9.17) is 5.11 Å². The van der Waals surface area contributed by atoms with Gasteiger partial charge in [-0.05, 0) is 19.3 Å². The molecule has 15 heavy (non-hydrogen) atoms. The lowest BCUT2D eigenvalue weighted by Gasteiger charge is -2.03. The number of hydrogen-bond acceptors (Lipinski definition) is 2. The number of aliphatic hydroxyl groups excluding tert-OH is 1. The molecule has 0 bridgehead atoms. The van der Waals surface area contributed by atoms with Crippen molar-refractivity contribution in [2.24, 2.45) is 0 Å². The zero-order valence-corrected chi connectivity index (χ0v) is 9.46. The van der Waals surface area contributed by atoms with E-state index in [1.807, 2.05) is 0 Å². The predicted molar refractivity (Wildman–Crippen MR) is 61.5 cm³/mol. The second-order valence-corrected chi connectivity index (χ2v) is 3.35. The Labute approximate surface area is 91.8 Å². The quantitative estimate of drug-likeness (QED) is 0.327. The van der Waals surface area contributed by atoms with Gasteiger partial charge < -0.3 is 15.7 Å². The number of carbonyl (C=O) groups excluding carboxylic acids is 1. The molecular weight excluding hydrogens is 192 g/mol. The summed E-state index contributed by atoms with van der Waals surface area (Å²) in [5.74, 6) is 0. The number of urea groups is 1. The third kappa shape index (κ3) is 10.9. The maximum absolute atomic E-state index is 10.8. The van der Waals surface area contributed by atoms with E-state index in [0.717, 1.165) is 19.3 Å². The van der Waals surface area contributed by atoms with Crippen molar-refractivity contribution in [3.05, 3.63) is 12.2 Å². The van der Waals surface area contributed by atoms with Crippen LogP contribution >= 0.6 is 0 Å².